The lowest BCUT2D eigenvalue weighted by Gasteiger charge is -2.33. The Kier molecular flexibility index (Phi) is 8.30. The summed E-state index contributed by atoms with van der Waals surface area (Å²) < 4.78 is 7.08. The second-order valence-corrected chi connectivity index (χ2v) is 14.2. The average Bonchev–Trinajstić information content (AvgIpc) is 3.01. The first-order chi connectivity index (χ1) is 19.4. The quantitative estimate of drug-likeness (QED) is 0.205. The predicted octanol–water partition coefficient (Wildman–Crippen LogP) is 8.04. The van der Waals surface area contributed by atoms with Gasteiger partial charge in [0.05, 0.1) is 0 Å². The van der Waals surface area contributed by atoms with Crippen LogP contribution in [0.15, 0.2) is 169 Å². The fourth-order valence-electron chi connectivity index (χ4n) is 5.28. The van der Waals surface area contributed by atoms with Crippen molar-refractivity contribution in [3.63, 3.8) is 0 Å². The first-order valence-electron chi connectivity index (χ1n) is 13.6. The van der Waals surface area contributed by atoms with Gasteiger partial charge in [0.2, 0.25) is 0 Å². The fraction of sp³-hybridized carbons (Fsp3) is 0.111. The first-order valence-corrected chi connectivity index (χ1v) is 16.4. The van der Waals surface area contributed by atoms with E-state index in [0.29, 0.717) is 0 Å². The minimum Gasteiger partial charge on any atom is -0.465 e. The minimum atomic E-state index is -0.725. The van der Waals surface area contributed by atoms with Gasteiger partial charge in [-0.15, -0.1) is 0 Å². The Labute approximate surface area is 234 Å². The molecule has 2 aliphatic carbocycles. The van der Waals surface area contributed by atoms with Gasteiger partial charge in [-0.1, -0.05) is 146 Å². The van der Waals surface area contributed by atoms with E-state index >= 15 is 0 Å². The highest BCUT2D eigenvalue weighted by Crippen LogP contribution is 2.50. The highest BCUT2D eigenvalue weighted by molar-refractivity contribution is 7.77. The number of ether oxygens (including phenoxy) is 1. The number of hydrogen-bond acceptors (Lipinski definition) is 1. The number of rotatable bonds is 8. The van der Waals surface area contributed by atoms with Crippen molar-refractivity contribution in [2.45, 2.75) is 24.9 Å². The van der Waals surface area contributed by atoms with Gasteiger partial charge in [0.15, 0.2) is 0 Å². The van der Waals surface area contributed by atoms with Gasteiger partial charge >= 0.3 is 0 Å². The first kappa shape index (κ1) is 25.8. The van der Waals surface area contributed by atoms with Gasteiger partial charge in [0, 0.05) is 17.4 Å². The van der Waals surface area contributed by atoms with E-state index in [2.05, 4.69) is 152 Å². The van der Waals surface area contributed by atoms with E-state index in [1.54, 1.807) is 0 Å². The smallest absolute Gasteiger partial charge is 0.112 e. The number of hydrogen-bond donors (Lipinski definition) is 0. The highest BCUT2D eigenvalue weighted by Gasteiger charge is 2.31. The molecule has 1 nitrogen and oxygen atoms in total. The molecular formula is C36H32OP2. The number of benzene rings is 4. The zero-order valence-corrected chi connectivity index (χ0v) is 23.7. The maximum atomic E-state index is 7.08. The van der Waals surface area contributed by atoms with Crippen LogP contribution in [0.2, 0.25) is 0 Å². The summed E-state index contributed by atoms with van der Waals surface area (Å²) >= 11 is 0. The summed E-state index contributed by atoms with van der Waals surface area (Å²) in [6, 6.07) is 43.9. The van der Waals surface area contributed by atoms with Crippen molar-refractivity contribution in [1.82, 2.24) is 0 Å². The van der Waals surface area contributed by atoms with Gasteiger partial charge in [-0.2, -0.15) is 0 Å². The normalized spacial score (nSPS) is 17.0. The summed E-state index contributed by atoms with van der Waals surface area (Å²) in [6.45, 7) is 0. The van der Waals surface area contributed by atoms with Crippen LogP contribution in [0.1, 0.15) is 19.3 Å². The summed E-state index contributed by atoms with van der Waals surface area (Å²) in [4.78, 5) is 0. The Balaban J connectivity index is 1.41. The molecule has 4 aromatic carbocycles. The van der Waals surface area contributed by atoms with Gasteiger partial charge < -0.3 is 4.74 Å². The Hall–Kier alpha value is -3.50. The molecule has 1 atom stereocenters. The average molecular weight is 543 g/mol. The van der Waals surface area contributed by atoms with Crippen molar-refractivity contribution in [2.24, 2.45) is 0 Å². The van der Waals surface area contributed by atoms with Crippen LogP contribution < -0.4 is 21.2 Å². The number of allylic oxidation sites excluding steroid dienone is 8. The standard InChI is InChI=1S/C36H32OP2/c1-5-17-29(18-6-1)38(30-19-7-2-8-20-30)35-27-15-13-25-33(35)37-34-26-14-16-28-36(34)39(31-21-9-3-10-22-31)32-23-11-4-12-24-32/h1-13,15-25,28,35H,14,26-27H2. The second kappa shape index (κ2) is 12.6. The van der Waals surface area contributed by atoms with Crippen molar-refractivity contribution in [3.8, 4) is 0 Å². The molecule has 0 spiro atoms. The lowest BCUT2D eigenvalue weighted by molar-refractivity contribution is 0.277. The van der Waals surface area contributed by atoms with Crippen LogP contribution in [-0.4, -0.2) is 5.66 Å². The molecule has 6 rings (SSSR count). The van der Waals surface area contributed by atoms with Crippen molar-refractivity contribution in [3.05, 3.63) is 169 Å². The third-order valence-electron chi connectivity index (χ3n) is 7.07. The molecule has 0 bridgehead atoms. The maximum absolute atomic E-state index is 7.08. The molecule has 1 unspecified atom stereocenters. The van der Waals surface area contributed by atoms with Crippen LogP contribution in [0.5, 0.6) is 0 Å². The molecule has 0 N–H and O–H groups in total. The maximum Gasteiger partial charge on any atom is 0.112 e. The highest BCUT2D eigenvalue weighted by atomic mass is 31.1. The fourth-order valence-corrected chi connectivity index (χ4v) is 10.5. The van der Waals surface area contributed by atoms with Gasteiger partial charge in [-0.05, 0) is 56.0 Å². The summed E-state index contributed by atoms with van der Waals surface area (Å²) in [7, 11) is -1.36. The van der Waals surface area contributed by atoms with Gasteiger partial charge in [0.1, 0.15) is 11.5 Å². The van der Waals surface area contributed by atoms with E-state index in [4.69, 9.17) is 4.74 Å². The van der Waals surface area contributed by atoms with Gasteiger partial charge in [0.25, 0.3) is 0 Å². The van der Waals surface area contributed by atoms with E-state index in [0.717, 1.165) is 30.8 Å². The topological polar surface area (TPSA) is 9.23 Å². The predicted molar refractivity (Wildman–Crippen MR) is 170 cm³/mol. The molecule has 3 heteroatoms. The van der Waals surface area contributed by atoms with Crippen molar-refractivity contribution in [2.75, 3.05) is 0 Å². The third kappa shape index (κ3) is 5.91. The van der Waals surface area contributed by atoms with Gasteiger partial charge in [-0.3, -0.25) is 0 Å². The third-order valence-corrected chi connectivity index (χ3v) is 12.4. The largest absolute Gasteiger partial charge is 0.465 e. The molecule has 0 saturated carbocycles. The molecule has 0 aromatic heterocycles. The SMILES string of the molecule is C1=CCC(P(c2ccccc2)c2ccccc2)C(OC2=C(P(c3ccccc3)c3ccccc3)C=CCC2)=C1. The molecule has 0 saturated heterocycles. The molecule has 192 valence electrons. The van der Waals surface area contributed by atoms with Gasteiger partial charge in [-0.25, -0.2) is 0 Å². The molecule has 0 aliphatic heterocycles. The molecule has 4 aromatic rings. The zero-order valence-electron chi connectivity index (χ0n) is 21.9. The Bertz CT molecular complexity index is 1410. The van der Waals surface area contributed by atoms with Crippen LogP contribution in [0.3, 0.4) is 0 Å². The summed E-state index contributed by atoms with van der Waals surface area (Å²) in [5, 5.41) is 6.81. The van der Waals surface area contributed by atoms with Crippen molar-refractivity contribution in [1.29, 1.82) is 0 Å². The zero-order chi connectivity index (χ0) is 26.3. The van der Waals surface area contributed by atoms with E-state index in [1.165, 1.54) is 26.5 Å². The molecular weight excluding hydrogens is 510 g/mol. The Morgan fingerprint density at radius 3 is 1.64 bits per heavy atom. The van der Waals surface area contributed by atoms with Crippen LogP contribution in [0.25, 0.3) is 0 Å². The molecule has 2 aliphatic rings. The molecule has 0 amide bonds. The molecule has 0 radical (unpaired) electrons. The second-order valence-electron chi connectivity index (χ2n) is 9.65. The Morgan fingerprint density at radius 1 is 0.590 bits per heavy atom. The van der Waals surface area contributed by atoms with Crippen LogP contribution >= 0.6 is 15.8 Å². The van der Waals surface area contributed by atoms with E-state index in [1.807, 2.05) is 0 Å². The summed E-state index contributed by atoms with van der Waals surface area (Å²) in [6.07, 6.45) is 14.2. The summed E-state index contributed by atoms with van der Waals surface area (Å²) in [5.74, 6) is 2.22. The van der Waals surface area contributed by atoms with Crippen LogP contribution in [0.4, 0.5) is 0 Å². The minimum absolute atomic E-state index is 0.286. The van der Waals surface area contributed by atoms with Crippen molar-refractivity contribution < 1.29 is 4.74 Å². The summed E-state index contributed by atoms with van der Waals surface area (Å²) in [5.41, 5.74) is 0.286. The molecule has 0 fully saturated rings. The van der Waals surface area contributed by atoms with Crippen LogP contribution in [0, 0.1) is 0 Å². The van der Waals surface area contributed by atoms with Crippen LogP contribution in [-0.2, 0) is 4.74 Å². The molecule has 0 heterocycles. The van der Waals surface area contributed by atoms with E-state index < -0.39 is 15.8 Å². The Morgan fingerprint density at radius 2 is 1.10 bits per heavy atom. The van der Waals surface area contributed by atoms with E-state index in [-0.39, 0.29) is 5.66 Å². The molecule has 39 heavy (non-hydrogen) atoms. The monoisotopic (exact) mass is 542 g/mol. The lowest BCUT2D eigenvalue weighted by Crippen LogP contribution is -2.25. The van der Waals surface area contributed by atoms with Crippen molar-refractivity contribution >= 4 is 37.1 Å². The lowest BCUT2D eigenvalue weighted by atomic mass is 10.1. The van der Waals surface area contributed by atoms with E-state index in [9.17, 15) is 0 Å².